The topological polar surface area (TPSA) is 38.5 Å². The normalized spacial score (nSPS) is 21.8. The summed E-state index contributed by atoms with van der Waals surface area (Å²) in [5.41, 5.74) is 1.12. The number of anilines is 1. The van der Waals surface area contributed by atoms with Crippen molar-refractivity contribution in [2.24, 2.45) is 0 Å². The molecule has 3 rings (SSSR count). The first-order chi connectivity index (χ1) is 6.34. The number of hydrogen-bond acceptors (Lipinski definition) is 4. The highest BCUT2D eigenvalue weighted by Gasteiger charge is 2.34. The Labute approximate surface area is 76.5 Å². The second-order valence-electron chi connectivity index (χ2n) is 3.62. The lowest BCUT2D eigenvalue weighted by molar-refractivity contribution is 0.00755. The fraction of sp³-hybridized carbons (Fsp3) is 0.667. The molecule has 0 aromatic carbocycles. The summed E-state index contributed by atoms with van der Waals surface area (Å²) in [5.74, 6) is 1.75. The number of aromatic nitrogens is 1. The molecule has 70 valence electrons. The predicted octanol–water partition coefficient (Wildman–Crippen LogP) is 0.744. The van der Waals surface area contributed by atoms with Crippen LogP contribution in [0.3, 0.4) is 0 Å². The molecule has 0 atom stereocenters. The van der Waals surface area contributed by atoms with Crippen LogP contribution in [0.25, 0.3) is 0 Å². The lowest BCUT2D eigenvalue weighted by Crippen LogP contribution is -2.48. The van der Waals surface area contributed by atoms with Crippen molar-refractivity contribution in [2.45, 2.75) is 19.4 Å². The van der Waals surface area contributed by atoms with E-state index in [0.717, 1.165) is 43.6 Å². The maximum atomic E-state index is 5.55. The highest BCUT2D eigenvalue weighted by Crippen LogP contribution is 2.31. The van der Waals surface area contributed by atoms with E-state index < -0.39 is 0 Å². The van der Waals surface area contributed by atoms with Crippen LogP contribution in [0.4, 0.5) is 5.88 Å². The molecule has 1 fully saturated rings. The van der Waals surface area contributed by atoms with E-state index in [2.05, 4.69) is 9.88 Å². The van der Waals surface area contributed by atoms with Gasteiger partial charge in [-0.15, -0.1) is 0 Å². The summed E-state index contributed by atoms with van der Waals surface area (Å²) in [6.45, 7) is 4.60. The second-order valence-corrected chi connectivity index (χ2v) is 3.62. The van der Waals surface area contributed by atoms with Gasteiger partial charge in [0.2, 0.25) is 5.88 Å². The lowest BCUT2D eigenvalue weighted by atomic mass is 10.2. The minimum Gasteiger partial charge on any atom is -0.425 e. The number of oxazole rings is 1. The molecule has 3 heterocycles. The summed E-state index contributed by atoms with van der Waals surface area (Å²) in [5, 5.41) is 0. The Morgan fingerprint density at radius 1 is 1.46 bits per heavy atom. The van der Waals surface area contributed by atoms with E-state index in [0.29, 0.717) is 6.04 Å². The van der Waals surface area contributed by atoms with E-state index in [4.69, 9.17) is 9.15 Å². The summed E-state index contributed by atoms with van der Waals surface area (Å²) in [6, 6.07) is 0.522. The maximum absolute atomic E-state index is 5.55. The molecule has 0 amide bonds. The average Bonchev–Trinajstić information content (AvgIpc) is 2.47. The summed E-state index contributed by atoms with van der Waals surface area (Å²) in [7, 11) is 0. The molecule has 0 radical (unpaired) electrons. The monoisotopic (exact) mass is 180 g/mol. The van der Waals surface area contributed by atoms with Crippen LogP contribution >= 0.6 is 0 Å². The molecular formula is C9H12N2O2. The van der Waals surface area contributed by atoms with E-state index in [-0.39, 0.29) is 0 Å². The highest BCUT2D eigenvalue weighted by molar-refractivity contribution is 5.48. The fourth-order valence-electron chi connectivity index (χ4n) is 1.93. The van der Waals surface area contributed by atoms with Gasteiger partial charge in [0, 0.05) is 19.9 Å². The fourth-order valence-corrected chi connectivity index (χ4v) is 1.93. The molecule has 0 bridgehead atoms. The first-order valence-electron chi connectivity index (χ1n) is 4.65. The van der Waals surface area contributed by atoms with Gasteiger partial charge in [-0.1, -0.05) is 0 Å². The summed E-state index contributed by atoms with van der Waals surface area (Å²) in [6.07, 6.45) is 1.02. The Morgan fingerprint density at radius 2 is 2.31 bits per heavy atom. The molecular weight excluding hydrogens is 168 g/mol. The van der Waals surface area contributed by atoms with Gasteiger partial charge in [-0.05, 0) is 0 Å². The summed E-state index contributed by atoms with van der Waals surface area (Å²) < 4.78 is 10.7. The van der Waals surface area contributed by atoms with Crippen molar-refractivity contribution in [3.05, 3.63) is 11.6 Å². The van der Waals surface area contributed by atoms with Crippen molar-refractivity contribution in [1.82, 2.24) is 4.98 Å². The number of aryl methyl sites for hydroxylation is 1. The van der Waals surface area contributed by atoms with Gasteiger partial charge in [0.1, 0.15) is 5.69 Å². The molecule has 4 nitrogen and oxygen atoms in total. The quantitative estimate of drug-likeness (QED) is 0.639. The lowest BCUT2D eigenvalue weighted by Gasteiger charge is -2.34. The number of rotatable bonds is 1. The number of fused-ring (bicyclic) bond motifs is 1. The zero-order chi connectivity index (χ0) is 8.84. The SMILES string of the molecule is Cc1nc2c(o1)N(C1COC1)CC2. The van der Waals surface area contributed by atoms with Crippen molar-refractivity contribution >= 4 is 5.88 Å². The summed E-state index contributed by atoms with van der Waals surface area (Å²) >= 11 is 0. The average molecular weight is 180 g/mol. The number of hydrogen-bond donors (Lipinski definition) is 0. The zero-order valence-electron chi connectivity index (χ0n) is 7.62. The van der Waals surface area contributed by atoms with Crippen LogP contribution in [0.15, 0.2) is 4.42 Å². The third kappa shape index (κ3) is 0.983. The molecule has 4 heteroatoms. The second kappa shape index (κ2) is 2.48. The molecule has 1 saturated heterocycles. The summed E-state index contributed by atoms with van der Waals surface area (Å²) in [4.78, 5) is 6.61. The van der Waals surface area contributed by atoms with Crippen LogP contribution in [-0.4, -0.2) is 30.8 Å². The Bertz CT molecular complexity index is 330. The largest absolute Gasteiger partial charge is 0.425 e. The molecule has 0 spiro atoms. The Balaban J connectivity index is 1.91. The van der Waals surface area contributed by atoms with E-state index in [1.165, 1.54) is 0 Å². The molecule has 2 aliphatic rings. The minimum atomic E-state index is 0.522. The van der Waals surface area contributed by atoms with E-state index >= 15 is 0 Å². The van der Waals surface area contributed by atoms with Gasteiger partial charge >= 0.3 is 0 Å². The zero-order valence-corrected chi connectivity index (χ0v) is 7.62. The van der Waals surface area contributed by atoms with Gasteiger partial charge in [0.05, 0.1) is 19.3 Å². The van der Waals surface area contributed by atoms with E-state index in [1.807, 2.05) is 6.92 Å². The van der Waals surface area contributed by atoms with Crippen LogP contribution in [-0.2, 0) is 11.2 Å². The standard InChI is InChI=1S/C9H12N2O2/c1-6-10-8-2-3-11(9(8)13-6)7-4-12-5-7/h7H,2-5H2,1H3. The Hall–Kier alpha value is -1.03. The third-order valence-electron chi connectivity index (χ3n) is 2.70. The molecule has 2 aliphatic heterocycles. The van der Waals surface area contributed by atoms with Crippen molar-refractivity contribution in [3.8, 4) is 0 Å². The Kier molecular flexibility index (Phi) is 1.41. The highest BCUT2D eigenvalue weighted by atomic mass is 16.5. The number of nitrogens with zero attached hydrogens (tertiary/aromatic N) is 2. The molecule has 0 aliphatic carbocycles. The maximum Gasteiger partial charge on any atom is 0.220 e. The van der Waals surface area contributed by atoms with Gasteiger partial charge in [0.25, 0.3) is 0 Å². The van der Waals surface area contributed by atoms with E-state index in [1.54, 1.807) is 0 Å². The van der Waals surface area contributed by atoms with Crippen molar-refractivity contribution in [3.63, 3.8) is 0 Å². The van der Waals surface area contributed by atoms with Gasteiger partial charge in [0.15, 0.2) is 5.89 Å². The van der Waals surface area contributed by atoms with Crippen LogP contribution in [0.1, 0.15) is 11.6 Å². The molecule has 0 unspecified atom stereocenters. The third-order valence-corrected chi connectivity index (χ3v) is 2.70. The van der Waals surface area contributed by atoms with Gasteiger partial charge < -0.3 is 14.1 Å². The van der Waals surface area contributed by atoms with Crippen molar-refractivity contribution in [2.75, 3.05) is 24.7 Å². The molecule has 0 saturated carbocycles. The Morgan fingerprint density at radius 3 is 3.00 bits per heavy atom. The first kappa shape index (κ1) is 7.38. The number of ether oxygens (including phenoxy) is 1. The van der Waals surface area contributed by atoms with Crippen LogP contribution in [0.2, 0.25) is 0 Å². The van der Waals surface area contributed by atoms with Gasteiger partial charge in [-0.25, -0.2) is 4.98 Å². The molecule has 1 aromatic rings. The predicted molar refractivity (Wildman–Crippen MR) is 46.9 cm³/mol. The molecule has 1 aromatic heterocycles. The molecule has 0 N–H and O–H groups in total. The smallest absolute Gasteiger partial charge is 0.220 e. The van der Waals surface area contributed by atoms with Gasteiger partial charge in [-0.2, -0.15) is 0 Å². The molecule has 13 heavy (non-hydrogen) atoms. The van der Waals surface area contributed by atoms with Crippen LogP contribution in [0.5, 0.6) is 0 Å². The van der Waals surface area contributed by atoms with E-state index in [9.17, 15) is 0 Å². The first-order valence-corrected chi connectivity index (χ1v) is 4.65. The van der Waals surface area contributed by atoms with Crippen molar-refractivity contribution in [1.29, 1.82) is 0 Å². The van der Waals surface area contributed by atoms with Crippen LogP contribution < -0.4 is 4.90 Å². The van der Waals surface area contributed by atoms with Crippen LogP contribution in [0, 0.1) is 6.92 Å². The van der Waals surface area contributed by atoms with Crippen molar-refractivity contribution < 1.29 is 9.15 Å². The van der Waals surface area contributed by atoms with Gasteiger partial charge in [-0.3, -0.25) is 0 Å². The minimum absolute atomic E-state index is 0.522.